The molecule has 0 bridgehead atoms. The van der Waals surface area contributed by atoms with E-state index in [-0.39, 0.29) is 6.04 Å². The average molecular weight is 323 g/mol. The van der Waals surface area contributed by atoms with E-state index in [0.29, 0.717) is 0 Å². The number of nitrogens with one attached hydrogen (secondary N) is 1. The fourth-order valence-corrected chi connectivity index (χ4v) is 4.03. The molecule has 2 heterocycles. The second-order valence-electron chi connectivity index (χ2n) is 4.76. The second-order valence-corrected chi connectivity index (χ2v) is 6.53. The van der Waals surface area contributed by atoms with Crippen LogP contribution in [0.4, 0.5) is 0 Å². The molecule has 2 nitrogen and oxygen atoms in total. The average Bonchev–Trinajstić information content (AvgIpc) is 3.04. The van der Waals surface area contributed by atoms with Crippen LogP contribution < -0.4 is 0 Å². The van der Waals surface area contributed by atoms with Crippen molar-refractivity contribution in [3.05, 3.63) is 50.4 Å². The summed E-state index contributed by atoms with van der Waals surface area (Å²) in [5, 5.41) is 2.85. The van der Waals surface area contributed by atoms with E-state index in [1.165, 1.54) is 4.88 Å². The van der Waals surface area contributed by atoms with Gasteiger partial charge >= 0.3 is 0 Å². The summed E-state index contributed by atoms with van der Waals surface area (Å²) in [4.78, 5) is 4.59. The van der Waals surface area contributed by atoms with Crippen LogP contribution in [0.25, 0.3) is 11.0 Å². The molecule has 0 spiro atoms. The second kappa shape index (κ2) is 5.72. The predicted octanol–water partition coefficient (Wildman–Crippen LogP) is 5.80. The van der Waals surface area contributed by atoms with E-state index in [9.17, 15) is 0 Å². The van der Waals surface area contributed by atoms with Crippen molar-refractivity contribution >= 4 is 46.2 Å². The Morgan fingerprint density at radius 1 is 1.35 bits per heavy atom. The highest BCUT2D eigenvalue weighted by Gasteiger charge is 2.19. The summed E-state index contributed by atoms with van der Waals surface area (Å²) >= 11 is 13.7. The quantitative estimate of drug-likeness (QED) is 0.602. The van der Waals surface area contributed by atoms with Gasteiger partial charge in [0.05, 0.1) is 22.1 Å². The number of hydrogen-bond acceptors (Lipinski definition) is 2. The van der Waals surface area contributed by atoms with Crippen LogP contribution in [0.2, 0.25) is 5.02 Å². The maximum atomic E-state index is 6.40. The van der Waals surface area contributed by atoms with Gasteiger partial charge < -0.3 is 9.55 Å². The van der Waals surface area contributed by atoms with Crippen LogP contribution in [0.3, 0.4) is 0 Å². The third-order valence-corrected chi connectivity index (χ3v) is 5.01. The summed E-state index contributed by atoms with van der Waals surface area (Å²) in [5.74, 6) is 0. The van der Waals surface area contributed by atoms with Gasteiger partial charge in [-0.3, -0.25) is 0 Å². The van der Waals surface area contributed by atoms with Gasteiger partial charge in [-0.2, -0.15) is 0 Å². The lowest BCUT2D eigenvalue weighted by Crippen LogP contribution is -2.09. The van der Waals surface area contributed by atoms with E-state index in [1.807, 2.05) is 18.2 Å². The third kappa shape index (κ3) is 2.32. The highest BCUT2D eigenvalue weighted by atomic mass is 35.5. The van der Waals surface area contributed by atoms with Crippen molar-refractivity contribution in [1.29, 1.82) is 0 Å². The van der Waals surface area contributed by atoms with Crippen LogP contribution in [0.5, 0.6) is 0 Å². The van der Waals surface area contributed by atoms with Crippen molar-refractivity contribution < 1.29 is 0 Å². The lowest BCUT2D eigenvalue weighted by atomic mass is 10.1. The summed E-state index contributed by atoms with van der Waals surface area (Å²) in [6.07, 6.45) is 2.15. The molecule has 0 aliphatic rings. The predicted molar refractivity (Wildman–Crippen MR) is 89.5 cm³/mol. The number of aromatic nitrogens is 2. The number of imidazole rings is 1. The SMILES string of the molecule is CCCC(c1cccs1)n1c(=S)[nH]c2cccc(Cl)c21. The fourth-order valence-electron chi connectivity index (χ4n) is 2.59. The summed E-state index contributed by atoms with van der Waals surface area (Å²) in [6, 6.07) is 10.4. The molecule has 5 heteroatoms. The van der Waals surface area contributed by atoms with Crippen LogP contribution in [-0.2, 0) is 0 Å². The van der Waals surface area contributed by atoms with E-state index >= 15 is 0 Å². The van der Waals surface area contributed by atoms with Crippen LogP contribution in [0, 0.1) is 4.77 Å². The van der Waals surface area contributed by atoms with Crippen LogP contribution in [0.1, 0.15) is 30.7 Å². The largest absolute Gasteiger partial charge is 0.331 e. The molecule has 0 aliphatic heterocycles. The maximum Gasteiger partial charge on any atom is 0.178 e. The van der Waals surface area contributed by atoms with E-state index in [2.05, 4.69) is 34.0 Å². The van der Waals surface area contributed by atoms with Crippen molar-refractivity contribution in [2.45, 2.75) is 25.8 Å². The molecule has 0 aliphatic carbocycles. The Hall–Kier alpha value is -1.10. The molecule has 0 fully saturated rings. The number of para-hydroxylation sites is 1. The Kier molecular flexibility index (Phi) is 3.96. The minimum Gasteiger partial charge on any atom is -0.331 e. The first-order valence-electron chi connectivity index (χ1n) is 6.64. The molecule has 104 valence electrons. The molecule has 2 aromatic heterocycles. The molecular weight excluding hydrogens is 308 g/mol. The Labute approximate surface area is 132 Å². The highest BCUT2D eigenvalue weighted by molar-refractivity contribution is 7.71. The first-order chi connectivity index (χ1) is 9.72. The maximum absolute atomic E-state index is 6.40. The molecule has 1 atom stereocenters. The summed E-state index contributed by atoms with van der Waals surface area (Å²) in [6.45, 7) is 2.20. The van der Waals surface area contributed by atoms with Gasteiger partial charge in [-0.15, -0.1) is 11.3 Å². The number of nitrogens with zero attached hydrogens (tertiary/aromatic N) is 1. The Morgan fingerprint density at radius 3 is 2.90 bits per heavy atom. The number of halogens is 1. The lowest BCUT2D eigenvalue weighted by molar-refractivity contribution is 0.548. The van der Waals surface area contributed by atoms with Crippen molar-refractivity contribution in [1.82, 2.24) is 9.55 Å². The number of rotatable bonds is 4. The molecular formula is C15H15ClN2S2. The van der Waals surface area contributed by atoms with E-state index in [4.69, 9.17) is 23.8 Å². The third-order valence-electron chi connectivity index (χ3n) is 3.43. The monoisotopic (exact) mass is 322 g/mol. The van der Waals surface area contributed by atoms with Gasteiger partial charge in [0.25, 0.3) is 0 Å². The van der Waals surface area contributed by atoms with E-state index in [1.54, 1.807) is 11.3 Å². The molecule has 3 aromatic rings. The summed E-state index contributed by atoms with van der Waals surface area (Å²) in [5.41, 5.74) is 2.01. The van der Waals surface area contributed by atoms with Crippen molar-refractivity contribution in [2.75, 3.05) is 0 Å². The first kappa shape index (κ1) is 13.9. The highest BCUT2D eigenvalue weighted by Crippen LogP contribution is 2.33. The molecule has 1 aromatic carbocycles. The van der Waals surface area contributed by atoms with Crippen molar-refractivity contribution in [3.63, 3.8) is 0 Å². The Bertz CT molecular complexity index is 771. The number of hydrogen-bond donors (Lipinski definition) is 1. The standard InChI is InChI=1S/C15H15ClN2S2/c1-2-5-12(13-8-4-9-20-13)18-14-10(16)6-3-7-11(14)17-15(18)19/h3-4,6-9,12H,2,5H2,1H3,(H,17,19). The van der Waals surface area contributed by atoms with E-state index < -0.39 is 0 Å². The minimum absolute atomic E-state index is 0.251. The van der Waals surface area contributed by atoms with Gasteiger partial charge in [0, 0.05) is 4.88 Å². The lowest BCUT2D eigenvalue weighted by Gasteiger charge is -2.18. The zero-order valence-electron chi connectivity index (χ0n) is 11.1. The van der Waals surface area contributed by atoms with Gasteiger partial charge in [0.1, 0.15) is 0 Å². The number of aromatic amines is 1. The van der Waals surface area contributed by atoms with Crippen LogP contribution in [-0.4, -0.2) is 9.55 Å². The normalized spacial score (nSPS) is 12.9. The molecule has 0 saturated heterocycles. The molecule has 3 rings (SSSR count). The number of fused-ring (bicyclic) bond motifs is 1. The summed E-state index contributed by atoms with van der Waals surface area (Å²) < 4.78 is 2.91. The molecule has 20 heavy (non-hydrogen) atoms. The fraction of sp³-hybridized carbons (Fsp3) is 0.267. The Morgan fingerprint density at radius 2 is 2.20 bits per heavy atom. The molecule has 0 saturated carbocycles. The topological polar surface area (TPSA) is 20.7 Å². The minimum atomic E-state index is 0.251. The van der Waals surface area contributed by atoms with Gasteiger partial charge in [-0.25, -0.2) is 0 Å². The zero-order chi connectivity index (χ0) is 14.1. The van der Waals surface area contributed by atoms with Crippen LogP contribution in [0.15, 0.2) is 35.7 Å². The number of H-pyrrole nitrogens is 1. The molecule has 0 amide bonds. The van der Waals surface area contributed by atoms with Gasteiger partial charge in [-0.1, -0.05) is 37.1 Å². The van der Waals surface area contributed by atoms with Crippen molar-refractivity contribution in [2.24, 2.45) is 0 Å². The van der Waals surface area contributed by atoms with Gasteiger partial charge in [0.2, 0.25) is 0 Å². The van der Waals surface area contributed by atoms with Crippen LogP contribution >= 0.6 is 35.2 Å². The molecule has 1 N–H and O–H groups in total. The summed E-state index contributed by atoms with van der Waals surface area (Å²) in [7, 11) is 0. The first-order valence-corrected chi connectivity index (χ1v) is 8.31. The molecule has 0 radical (unpaired) electrons. The van der Waals surface area contributed by atoms with Crippen molar-refractivity contribution in [3.8, 4) is 0 Å². The van der Waals surface area contributed by atoms with Gasteiger partial charge in [-0.05, 0) is 42.2 Å². The van der Waals surface area contributed by atoms with E-state index in [0.717, 1.165) is 33.7 Å². The smallest absolute Gasteiger partial charge is 0.178 e. The molecule has 1 unspecified atom stereocenters. The number of thiophene rings is 1. The Balaban J connectivity index is 2.26. The zero-order valence-corrected chi connectivity index (χ0v) is 13.5. The van der Waals surface area contributed by atoms with Gasteiger partial charge in [0.15, 0.2) is 4.77 Å². The number of benzene rings is 1.